The van der Waals surface area contributed by atoms with E-state index in [1.54, 1.807) is 0 Å². The molecule has 0 saturated heterocycles. The van der Waals surface area contributed by atoms with Crippen LogP contribution in [0, 0.1) is 0 Å². The third-order valence-electron chi connectivity index (χ3n) is 9.71. The summed E-state index contributed by atoms with van der Waals surface area (Å²) in [6.45, 7) is 4.78. The number of fused-ring (bicyclic) bond motifs is 8. The highest BCUT2D eigenvalue weighted by Gasteiger charge is 2.45. The van der Waals surface area contributed by atoms with E-state index >= 15 is 0 Å². The number of hydrogen-bond donors (Lipinski definition) is 0. The molecule has 3 nitrogen and oxygen atoms in total. The zero-order valence-corrected chi connectivity index (χ0v) is 24.3. The Balaban J connectivity index is 1.22. The van der Waals surface area contributed by atoms with Gasteiger partial charge in [0.2, 0.25) is 0 Å². The first-order valence-corrected chi connectivity index (χ1v) is 15.2. The summed E-state index contributed by atoms with van der Waals surface area (Å²) in [6.07, 6.45) is 9.16. The summed E-state index contributed by atoms with van der Waals surface area (Å²) in [5.41, 5.74) is 13.8. The third kappa shape index (κ3) is 3.39. The molecular formula is C40H31N3. The zero-order chi connectivity index (χ0) is 28.7. The van der Waals surface area contributed by atoms with Gasteiger partial charge in [-0.2, -0.15) is 0 Å². The van der Waals surface area contributed by atoms with Crippen LogP contribution in [0.3, 0.4) is 0 Å². The van der Waals surface area contributed by atoms with Crippen molar-refractivity contribution in [1.82, 2.24) is 9.55 Å². The van der Waals surface area contributed by atoms with Gasteiger partial charge in [0.05, 0.1) is 22.8 Å². The number of rotatable bonds is 3. The topological polar surface area (TPSA) is 21.1 Å². The van der Waals surface area contributed by atoms with Gasteiger partial charge in [0, 0.05) is 28.3 Å². The first kappa shape index (κ1) is 24.4. The normalized spacial score (nSPS) is 18.9. The lowest BCUT2D eigenvalue weighted by atomic mass is 9.80. The quantitative estimate of drug-likeness (QED) is 0.217. The summed E-state index contributed by atoms with van der Waals surface area (Å²) >= 11 is 0. The Labute approximate surface area is 252 Å². The maximum atomic E-state index is 5.05. The van der Waals surface area contributed by atoms with E-state index in [0.717, 1.165) is 28.1 Å². The lowest BCUT2D eigenvalue weighted by Crippen LogP contribution is -2.30. The molecule has 2 heterocycles. The first-order chi connectivity index (χ1) is 21.1. The van der Waals surface area contributed by atoms with Crippen LogP contribution in [0.25, 0.3) is 39.2 Å². The molecule has 206 valence electrons. The Morgan fingerprint density at radius 2 is 1.37 bits per heavy atom. The van der Waals surface area contributed by atoms with Gasteiger partial charge < -0.3 is 4.90 Å². The van der Waals surface area contributed by atoms with Crippen LogP contribution in [-0.2, 0) is 5.41 Å². The maximum absolute atomic E-state index is 5.05. The molecule has 0 radical (unpaired) electrons. The molecule has 0 bridgehead atoms. The molecule has 0 fully saturated rings. The largest absolute Gasteiger partial charge is 0.333 e. The number of imidazole rings is 1. The number of anilines is 2. The van der Waals surface area contributed by atoms with E-state index in [1.165, 1.54) is 39.2 Å². The minimum atomic E-state index is -0.0866. The molecule has 3 heteroatoms. The van der Waals surface area contributed by atoms with Gasteiger partial charge in [0.25, 0.3) is 0 Å². The molecule has 0 saturated carbocycles. The number of nitrogens with zero attached hydrogens (tertiary/aromatic N) is 3. The molecule has 43 heavy (non-hydrogen) atoms. The highest BCUT2D eigenvalue weighted by Crippen LogP contribution is 2.59. The average Bonchev–Trinajstić information content (AvgIpc) is 3.68. The van der Waals surface area contributed by atoms with Crippen LogP contribution < -0.4 is 4.90 Å². The molecule has 2 aliphatic carbocycles. The summed E-state index contributed by atoms with van der Waals surface area (Å²) in [5, 5.41) is 0. The van der Waals surface area contributed by atoms with Crippen molar-refractivity contribution in [3.8, 4) is 28.2 Å². The van der Waals surface area contributed by atoms with Crippen molar-refractivity contribution in [3.63, 3.8) is 0 Å². The minimum absolute atomic E-state index is 0.0866. The van der Waals surface area contributed by atoms with Crippen molar-refractivity contribution in [2.45, 2.75) is 31.2 Å². The number of benzene rings is 5. The van der Waals surface area contributed by atoms with E-state index in [-0.39, 0.29) is 11.5 Å². The van der Waals surface area contributed by atoms with E-state index in [0.29, 0.717) is 5.92 Å². The Hall–Kier alpha value is -5.15. The van der Waals surface area contributed by atoms with E-state index in [9.17, 15) is 0 Å². The molecule has 6 aromatic rings. The van der Waals surface area contributed by atoms with Crippen LogP contribution in [0.5, 0.6) is 0 Å². The van der Waals surface area contributed by atoms with Crippen molar-refractivity contribution < 1.29 is 0 Å². The van der Waals surface area contributed by atoms with Gasteiger partial charge in [0.15, 0.2) is 0 Å². The van der Waals surface area contributed by atoms with Crippen molar-refractivity contribution in [2.75, 3.05) is 4.90 Å². The second kappa shape index (κ2) is 8.92. The maximum Gasteiger partial charge on any atom is 0.145 e. The number of hydrogen-bond acceptors (Lipinski definition) is 2. The second-order valence-corrected chi connectivity index (χ2v) is 12.4. The van der Waals surface area contributed by atoms with Gasteiger partial charge >= 0.3 is 0 Å². The highest BCUT2D eigenvalue weighted by molar-refractivity contribution is 5.92. The molecule has 9 rings (SSSR count). The second-order valence-electron chi connectivity index (χ2n) is 12.4. The van der Waals surface area contributed by atoms with Crippen LogP contribution in [0.15, 0.2) is 140 Å². The molecule has 2 atom stereocenters. The van der Waals surface area contributed by atoms with Gasteiger partial charge in [-0.15, -0.1) is 0 Å². The van der Waals surface area contributed by atoms with Crippen molar-refractivity contribution in [1.29, 1.82) is 0 Å². The molecule has 0 N–H and O–H groups in total. The average molecular weight is 554 g/mol. The van der Waals surface area contributed by atoms with Gasteiger partial charge in [-0.1, -0.05) is 117 Å². The van der Waals surface area contributed by atoms with Gasteiger partial charge in [-0.25, -0.2) is 4.98 Å². The smallest absolute Gasteiger partial charge is 0.145 e. The van der Waals surface area contributed by atoms with Crippen LogP contribution in [-0.4, -0.2) is 15.6 Å². The Kier molecular flexibility index (Phi) is 5.07. The number of para-hydroxylation sites is 2. The molecule has 2 unspecified atom stereocenters. The third-order valence-corrected chi connectivity index (χ3v) is 9.71. The van der Waals surface area contributed by atoms with Crippen LogP contribution >= 0.6 is 0 Å². The fourth-order valence-electron chi connectivity index (χ4n) is 7.80. The predicted molar refractivity (Wildman–Crippen MR) is 177 cm³/mol. The van der Waals surface area contributed by atoms with E-state index < -0.39 is 0 Å². The lowest BCUT2D eigenvalue weighted by Gasteiger charge is -2.32. The Bertz CT molecular complexity index is 2110. The first-order valence-electron chi connectivity index (χ1n) is 15.2. The molecule has 5 aromatic carbocycles. The molecular weight excluding hydrogens is 522 g/mol. The molecule has 0 spiro atoms. The summed E-state index contributed by atoms with van der Waals surface area (Å²) in [4.78, 5) is 7.65. The summed E-state index contributed by atoms with van der Waals surface area (Å²) in [5.74, 6) is 1.28. The van der Waals surface area contributed by atoms with Crippen molar-refractivity contribution >= 4 is 22.4 Å². The number of allylic oxidation sites excluding steroid dienone is 2. The highest BCUT2D eigenvalue weighted by atomic mass is 15.2. The van der Waals surface area contributed by atoms with Gasteiger partial charge in [-0.3, -0.25) is 4.57 Å². The van der Waals surface area contributed by atoms with E-state index in [2.05, 4.69) is 163 Å². The zero-order valence-electron chi connectivity index (χ0n) is 24.3. The standard InChI is InChI=1S/C40H31N3/c1-40(2)33-16-8-6-14-29(33)31-24-25-32-30-15-7-10-18-35(30)42(38(32)37(31)40)27-20-22-28(23-21-27)43-36-19-11-9-17-34(36)41-39(43)26-12-4-3-5-13-26/h3-25,30,35H,1-2H3. The Morgan fingerprint density at radius 3 is 2.23 bits per heavy atom. The molecule has 0 amide bonds. The fraction of sp³-hybridized carbons (Fsp3) is 0.125. The predicted octanol–water partition coefficient (Wildman–Crippen LogP) is 9.73. The fourth-order valence-corrected chi connectivity index (χ4v) is 7.80. The van der Waals surface area contributed by atoms with Crippen molar-refractivity contribution in [2.24, 2.45) is 0 Å². The van der Waals surface area contributed by atoms with Crippen LogP contribution in [0.1, 0.15) is 36.5 Å². The van der Waals surface area contributed by atoms with Crippen molar-refractivity contribution in [3.05, 3.63) is 156 Å². The van der Waals surface area contributed by atoms with Crippen LogP contribution in [0.4, 0.5) is 11.4 Å². The summed E-state index contributed by atoms with van der Waals surface area (Å²) in [6, 6.07) is 41.9. The number of aromatic nitrogens is 2. The minimum Gasteiger partial charge on any atom is -0.333 e. The Morgan fingerprint density at radius 1 is 0.651 bits per heavy atom. The SMILES string of the molecule is CC1(C)c2ccccc2-c2ccc3c(c21)N(c1ccc(-n2c(-c4ccccc4)nc4ccccc42)cc1)C1C=CC=CC31. The summed E-state index contributed by atoms with van der Waals surface area (Å²) < 4.78 is 2.29. The van der Waals surface area contributed by atoms with E-state index in [4.69, 9.17) is 4.98 Å². The monoisotopic (exact) mass is 553 g/mol. The summed E-state index contributed by atoms with van der Waals surface area (Å²) in [7, 11) is 0. The molecule has 1 aromatic heterocycles. The molecule has 3 aliphatic rings. The van der Waals surface area contributed by atoms with Crippen LogP contribution in [0.2, 0.25) is 0 Å². The lowest BCUT2D eigenvalue weighted by molar-refractivity contribution is 0.658. The van der Waals surface area contributed by atoms with Gasteiger partial charge in [0.1, 0.15) is 5.82 Å². The van der Waals surface area contributed by atoms with E-state index in [1.807, 2.05) is 0 Å². The van der Waals surface area contributed by atoms with Gasteiger partial charge in [-0.05, 0) is 64.2 Å². The molecule has 1 aliphatic heterocycles.